The fourth-order valence-corrected chi connectivity index (χ4v) is 2.05. The van der Waals surface area contributed by atoms with E-state index in [2.05, 4.69) is 26.1 Å². The van der Waals surface area contributed by atoms with Gasteiger partial charge in [0.15, 0.2) is 5.82 Å². The number of benzene rings is 1. The van der Waals surface area contributed by atoms with Crippen molar-refractivity contribution in [1.82, 2.24) is 30.7 Å². The molecule has 0 aliphatic heterocycles. The minimum absolute atomic E-state index is 0.157. The Kier molecular flexibility index (Phi) is 5.67. The molecule has 1 aromatic heterocycles. The fourth-order valence-electron chi connectivity index (χ4n) is 2.05. The molecule has 0 unspecified atom stereocenters. The van der Waals surface area contributed by atoms with Crippen LogP contribution in [0, 0.1) is 0 Å². The summed E-state index contributed by atoms with van der Waals surface area (Å²) in [4.78, 5) is 23.4. The number of carbonyl (C=O) groups excluding carboxylic acids is 2. The number of nitrogens with zero attached hydrogens (tertiary/aromatic N) is 3. The Hall–Kier alpha value is -2.90. The fraction of sp³-hybridized carbons (Fsp3) is 0.333. The SMILES string of the molecule is CCn1cnnc1CNC(=O)NCc1cccc(C(=O)NC)c1. The van der Waals surface area contributed by atoms with Gasteiger partial charge in [0.05, 0.1) is 6.54 Å². The maximum absolute atomic E-state index is 11.8. The smallest absolute Gasteiger partial charge is 0.315 e. The molecule has 8 heteroatoms. The lowest BCUT2D eigenvalue weighted by molar-refractivity contribution is 0.0963. The number of hydrogen-bond donors (Lipinski definition) is 3. The summed E-state index contributed by atoms with van der Waals surface area (Å²) in [5.74, 6) is 0.541. The zero-order valence-electron chi connectivity index (χ0n) is 13.2. The zero-order valence-corrected chi connectivity index (χ0v) is 13.2. The van der Waals surface area contributed by atoms with Crippen LogP contribution < -0.4 is 16.0 Å². The first kappa shape index (κ1) is 16.5. The molecule has 122 valence electrons. The van der Waals surface area contributed by atoms with Crippen molar-refractivity contribution in [2.24, 2.45) is 0 Å². The summed E-state index contributed by atoms with van der Waals surface area (Å²) < 4.78 is 1.85. The normalized spacial score (nSPS) is 10.2. The van der Waals surface area contributed by atoms with E-state index in [9.17, 15) is 9.59 Å². The molecular formula is C15H20N6O2. The van der Waals surface area contributed by atoms with E-state index in [4.69, 9.17) is 0 Å². The summed E-state index contributed by atoms with van der Waals surface area (Å²) in [5.41, 5.74) is 1.40. The lowest BCUT2D eigenvalue weighted by atomic mass is 10.1. The highest BCUT2D eigenvalue weighted by molar-refractivity contribution is 5.94. The highest BCUT2D eigenvalue weighted by atomic mass is 16.2. The Morgan fingerprint density at radius 2 is 2.00 bits per heavy atom. The average Bonchev–Trinajstić information content (AvgIpc) is 3.05. The molecule has 0 bridgehead atoms. The second kappa shape index (κ2) is 7.92. The van der Waals surface area contributed by atoms with E-state index < -0.39 is 0 Å². The van der Waals surface area contributed by atoms with Crippen LogP contribution in [0.2, 0.25) is 0 Å². The van der Waals surface area contributed by atoms with E-state index in [1.165, 1.54) is 0 Å². The van der Waals surface area contributed by atoms with Crippen LogP contribution in [0.25, 0.3) is 0 Å². The molecule has 23 heavy (non-hydrogen) atoms. The second-order valence-electron chi connectivity index (χ2n) is 4.85. The summed E-state index contributed by atoms with van der Waals surface area (Å²) in [5, 5.41) is 15.8. The molecule has 0 aliphatic carbocycles. The molecule has 0 atom stereocenters. The van der Waals surface area contributed by atoms with Crippen LogP contribution in [0.4, 0.5) is 4.79 Å². The van der Waals surface area contributed by atoms with Crippen LogP contribution in [0.3, 0.4) is 0 Å². The Morgan fingerprint density at radius 3 is 2.74 bits per heavy atom. The molecule has 3 amide bonds. The molecule has 1 aromatic carbocycles. The van der Waals surface area contributed by atoms with Crippen LogP contribution in [-0.4, -0.2) is 33.8 Å². The quantitative estimate of drug-likeness (QED) is 0.728. The van der Waals surface area contributed by atoms with Crippen LogP contribution in [-0.2, 0) is 19.6 Å². The standard InChI is InChI=1S/C15H20N6O2/c1-3-21-10-19-20-13(21)9-18-15(23)17-8-11-5-4-6-12(7-11)14(22)16-2/h4-7,10H,3,8-9H2,1-2H3,(H,16,22)(H2,17,18,23). The molecule has 8 nitrogen and oxygen atoms in total. The Labute approximate surface area is 134 Å². The molecule has 2 rings (SSSR count). The first-order valence-corrected chi connectivity index (χ1v) is 7.33. The van der Waals surface area contributed by atoms with E-state index >= 15 is 0 Å². The molecule has 1 heterocycles. The van der Waals surface area contributed by atoms with Crippen molar-refractivity contribution in [3.8, 4) is 0 Å². The number of nitrogens with one attached hydrogen (secondary N) is 3. The van der Waals surface area contributed by atoms with E-state index in [-0.39, 0.29) is 11.9 Å². The molecule has 0 fully saturated rings. The summed E-state index contributed by atoms with van der Waals surface area (Å²) in [7, 11) is 1.58. The van der Waals surface area contributed by atoms with E-state index in [0.29, 0.717) is 24.5 Å². The molecule has 0 saturated carbocycles. The van der Waals surface area contributed by atoms with Gasteiger partial charge in [-0.15, -0.1) is 10.2 Å². The second-order valence-corrected chi connectivity index (χ2v) is 4.85. The van der Waals surface area contributed by atoms with Gasteiger partial charge in [0, 0.05) is 25.7 Å². The molecule has 0 radical (unpaired) electrons. The van der Waals surface area contributed by atoms with Crippen molar-refractivity contribution in [2.45, 2.75) is 26.6 Å². The van der Waals surface area contributed by atoms with Gasteiger partial charge < -0.3 is 20.5 Å². The first-order valence-electron chi connectivity index (χ1n) is 7.33. The minimum atomic E-state index is -0.305. The van der Waals surface area contributed by atoms with Crippen molar-refractivity contribution >= 4 is 11.9 Å². The monoisotopic (exact) mass is 316 g/mol. The molecule has 3 N–H and O–H groups in total. The number of carbonyl (C=O) groups is 2. The van der Waals surface area contributed by atoms with Gasteiger partial charge in [-0.1, -0.05) is 12.1 Å². The zero-order chi connectivity index (χ0) is 16.7. The minimum Gasteiger partial charge on any atom is -0.355 e. The van der Waals surface area contributed by atoms with E-state index in [1.807, 2.05) is 17.6 Å². The van der Waals surface area contributed by atoms with Crippen molar-refractivity contribution in [3.63, 3.8) is 0 Å². The topological polar surface area (TPSA) is 101 Å². The van der Waals surface area contributed by atoms with Crippen molar-refractivity contribution in [3.05, 3.63) is 47.5 Å². The van der Waals surface area contributed by atoms with E-state index in [0.717, 1.165) is 12.1 Å². The molecule has 0 spiro atoms. The van der Waals surface area contributed by atoms with Gasteiger partial charge in [0.1, 0.15) is 6.33 Å². The molecular weight excluding hydrogens is 296 g/mol. The number of urea groups is 1. The Bertz CT molecular complexity index is 682. The number of rotatable bonds is 6. The van der Waals surface area contributed by atoms with Gasteiger partial charge in [0.2, 0.25) is 0 Å². The Morgan fingerprint density at radius 1 is 1.22 bits per heavy atom. The van der Waals surface area contributed by atoms with Crippen molar-refractivity contribution in [2.75, 3.05) is 7.05 Å². The largest absolute Gasteiger partial charge is 0.355 e. The van der Waals surface area contributed by atoms with Crippen LogP contribution >= 0.6 is 0 Å². The lowest BCUT2D eigenvalue weighted by Crippen LogP contribution is -2.35. The predicted molar refractivity (Wildman–Crippen MR) is 84.6 cm³/mol. The summed E-state index contributed by atoms with van der Waals surface area (Å²) >= 11 is 0. The van der Waals surface area contributed by atoms with Gasteiger partial charge in [0.25, 0.3) is 5.91 Å². The van der Waals surface area contributed by atoms with Gasteiger partial charge in [-0.25, -0.2) is 4.79 Å². The maximum atomic E-state index is 11.8. The number of aromatic nitrogens is 3. The molecule has 2 aromatic rings. The van der Waals surface area contributed by atoms with Crippen LogP contribution in [0.5, 0.6) is 0 Å². The summed E-state index contributed by atoms with van der Waals surface area (Å²) in [6.07, 6.45) is 1.62. The van der Waals surface area contributed by atoms with Crippen LogP contribution in [0.15, 0.2) is 30.6 Å². The lowest BCUT2D eigenvalue weighted by Gasteiger charge is -2.09. The highest BCUT2D eigenvalue weighted by Crippen LogP contribution is 2.05. The average molecular weight is 316 g/mol. The third-order valence-corrected chi connectivity index (χ3v) is 3.31. The number of amides is 3. The molecule has 0 saturated heterocycles. The Balaban J connectivity index is 1.83. The number of aryl methyl sites for hydroxylation is 1. The van der Waals surface area contributed by atoms with Crippen molar-refractivity contribution < 1.29 is 9.59 Å². The van der Waals surface area contributed by atoms with Gasteiger partial charge in [-0.3, -0.25) is 4.79 Å². The predicted octanol–water partition coefficient (Wildman–Crippen LogP) is 0.657. The third kappa shape index (κ3) is 4.53. The first-order chi connectivity index (χ1) is 11.1. The van der Waals surface area contributed by atoms with Gasteiger partial charge in [-0.2, -0.15) is 0 Å². The maximum Gasteiger partial charge on any atom is 0.315 e. The summed E-state index contributed by atoms with van der Waals surface area (Å²) in [6.45, 7) is 3.36. The highest BCUT2D eigenvalue weighted by Gasteiger charge is 2.07. The number of hydrogen-bond acceptors (Lipinski definition) is 4. The van der Waals surface area contributed by atoms with Gasteiger partial charge >= 0.3 is 6.03 Å². The van der Waals surface area contributed by atoms with Crippen molar-refractivity contribution in [1.29, 1.82) is 0 Å². The van der Waals surface area contributed by atoms with Crippen LogP contribution in [0.1, 0.15) is 28.7 Å². The van der Waals surface area contributed by atoms with E-state index in [1.54, 1.807) is 31.6 Å². The van der Waals surface area contributed by atoms with Gasteiger partial charge in [-0.05, 0) is 24.6 Å². The molecule has 0 aliphatic rings. The third-order valence-electron chi connectivity index (χ3n) is 3.31. The summed E-state index contributed by atoms with van der Waals surface area (Å²) in [6, 6.07) is 6.79.